The summed E-state index contributed by atoms with van der Waals surface area (Å²) >= 11 is 0. The lowest BCUT2D eigenvalue weighted by Crippen LogP contribution is -2.35. The van der Waals surface area contributed by atoms with Gasteiger partial charge in [-0.05, 0) is 50.9 Å². The molecule has 3 aliphatic rings. The van der Waals surface area contributed by atoms with Crippen molar-refractivity contribution >= 4 is 5.78 Å². The number of hydrogen-bond donors (Lipinski definition) is 0. The molecule has 1 saturated carbocycles. The maximum Gasteiger partial charge on any atom is 0.586 e. The maximum atomic E-state index is 12.5. The Labute approximate surface area is 148 Å². The number of rotatable bonds is 0. The van der Waals surface area contributed by atoms with E-state index >= 15 is 0 Å². The highest BCUT2D eigenvalue weighted by Crippen LogP contribution is 2.42. The van der Waals surface area contributed by atoms with Crippen LogP contribution in [0.25, 0.3) is 0 Å². The average molecular weight is 355 g/mol. The first kappa shape index (κ1) is 19.6. The highest BCUT2D eigenvalue weighted by Gasteiger charge is 2.43. The van der Waals surface area contributed by atoms with Crippen LogP contribution in [0.3, 0.4) is 0 Å². The van der Waals surface area contributed by atoms with Gasteiger partial charge in [-0.1, -0.05) is 26.0 Å². The van der Waals surface area contributed by atoms with E-state index in [0.29, 0.717) is 17.4 Å². The Morgan fingerprint density at radius 3 is 2.60 bits per heavy atom. The summed E-state index contributed by atoms with van der Waals surface area (Å²) in [6.07, 6.45) is 0.618. The molecule has 0 bridgehead atoms. The molecule has 2 fully saturated rings. The minimum atomic E-state index is -3.51. The number of Topliss-reactive ketones (excluding diaryl/α,β-unsaturated/α-hetero) is 1. The van der Waals surface area contributed by atoms with E-state index in [1.165, 1.54) is 19.0 Å². The highest BCUT2D eigenvalue weighted by molar-refractivity contribution is 5.80. The van der Waals surface area contributed by atoms with Crippen LogP contribution in [-0.2, 0) is 4.79 Å². The Balaban J connectivity index is 0.000000165. The topological polar surface area (TPSA) is 38.8 Å². The molecule has 1 aromatic rings. The van der Waals surface area contributed by atoms with E-state index in [9.17, 15) is 13.6 Å². The van der Waals surface area contributed by atoms with Crippen molar-refractivity contribution in [3.63, 3.8) is 0 Å². The largest absolute Gasteiger partial charge is 0.586 e. The quantitative estimate of drug-likeness (QED) is 0.691. The van der Waals surface area contributed by atoms with Crippen LogP contribution < -0.4 is 9.47 Å². The fourth-order valence-electron chi connectivity index (χ4n) is 3.53. The third kappa shape index (κ3) is 4.69. The Morgan fingerprint density at radius 1 is 1.20 bits per heavy atom. The predicted molar refractivity (Wildman–Crippen MR) is 92.1 cm³/mol. The number of carbonyl (C=O) groups excluding carboxylic acids is 1. The second-order valence-electron chi connectivity index (χ2n) is 6.45. The van der Waals surface area contributed by atoms with Crippen LogP contribution in [-0.4, -0.2) is 36.6 Å². The first-order chi connectivity index (χ1) is 11.9. The lowest BCUT2D eigenvalue weighted by atomic mass is 9.84. The summed E-state index contributed by atoms with van der Waals surface area (Å²) in [6, 6.07) is 5.36. The average Bonchev–Trinajstić information content (AvgIpc) is 3.10. The Morgan fingerprint density at radius 2 is 1.92 bits per heavy atom. The first-order valence-corrected chi connectivity index (χ1v) is 8.93. The van der Waals surface area contributed by atoms with Crippen LogP contribution in [0.5, 0.6) is 11.5 Å². The summed E-state index contributed by atoms with van der Waals surface area (Å²) in [7, 11) is 2.14. The second kappa shape index (κ2) is 8.13. The molecule has 0 radical (unpaired) electrons. The van der Waals surface area contributed by atoms with E-state index in [1.807, 2.05) is 13.8 Å². The summed E-state index contributed by atoms with van der Waals surface area (Å²) in [5, 5.41) is 0. The van der Waals surface area contributed by atoms with Crippen LogP contribution in [0.2, 0.25) is 0 Å². The second-order valence-corrected chi connectivity index (χ2v) is 6.45. The molecule has 2 aliphatic heterocycles. The molecular formula is C19H27F2NO3. The number of ketones is 1. The number of fused-ring (bicyclic) bond motifs is 2. The standard InChI is InChI=1S/C9H15NO.C8H6F2O2.C2H6/c1-10-5-4-7-2-3-8(11)6-9(7)10;1-5-3-2-4-6-7(5)12-8(9,10)11-6;1-2/h7,9H,2-6H2,1H3;2-4H,1H3;1-2H3. The molecule has 2 heterocycles. The van der Waals surface area contributed by atoms with E-state index in [-0.39, 0.29) is 11.5 Å². The number of likely N-dealkylation sites (tertiary alicyclic amines) is 1. The van der Waals surface area contributed by atoms with Gasteiger partial charge in [0.2, 0.25) is 0 Å². The molecular weight excluding hydrogens is 328 g/mol. The van der Waals surface area contributed by atoms with E-state index < -0.39 is 6.29 Å². The number of hydrogen-bond acceptors (Lipinski definition) is 4. The van der Waals surface area contributed by atoms with Gasteiger partial charge in [-0.25, -0.2) is 0 Å². The number of carbonyl (C=O) groups is 1. The van der Waals surface area contributed by atoms with Gasteiger partial charge in [-0.15, -0.1) is 8.78 Å². The SMILES string of the molecule is CC.CN1CCC2CCC(=O)CC21.Cc1cccc2c1OC(F)(F)O2. The summed E-state index contributed by atoms with van der Waals surface area (Å²) in [6.45, 7) is 6.88. The van der Waals surface area contributed by atoms with Gasteiger partial charge in [0.1, 0.15) is 5.78 Å². The van der Waals surface area contributed by atoms with Crippen LogP contribution in [0.1, 0.15) is 45.1 Å². The van der Waals surface area contributed by atoms with E-state index in [4.69, 9.17) is 0 Å². The number of ether oxygens (including phenoxy) is 2. The molecule has 6 heteroatoms. The van der Waals surface area contributed by atoms with Gasteiger partial charge in [0.15, 0.2) is 11.5 Å². The van der Waals surface area contributed by atoms with E-state index in [1.54, 1.807) is 19.1 Å². The minimum absolute atomic E-state index is 0.0972. The van der Waals surface area contributed by atoms with Crippen molar-refractivity contribution in [2.24, 2.45) is 5.92 Å². The van der Waals surface area contributed by atoms with Crippen molar-refractivity contribution in [3.8, 4) is 11.5 Å². The number of alkyl halides is 2. The van der Waals surface area contributed by atoms with Crippen molar-refractivity contribution in [2.75, 3.05) is 13.6 Å². The zero-order chi connectivity index (χ0) is 18.6. The fraction of sp³-hybridized carbons (Fsp3) is 0.632. The van der Waals surface area contributed by atoms with E-state index in [2.05, 4.69) is 21.4 Å². The molecule has 4 rings (SSSR count). The van der Waals surface area contributed by atoms with Crippen LogP contribution in [0.15, 0.2) is 18.2 Å². The van der Waals surface area contributed by atoms with Gasteiger partial charge in [0, 0.05) is 18.9 Å². The van der Waals surface area contributed by atoms with Crippen LogP contribution in [0, 0.1) is 12.8 Å². The molecule has 0 aromatic heterocycles. The summed E-state index contributed by atoms with van der Waals surface area (Å²) < 4.78 is 33.4. The van der Waals surface area contributed by atoms with Crippen molar-refractivity contribution in [1.29, 1.82) is 0 Å². The molecule has 25 heavy (non-hydrogen) atoms. The van der Waals surface area contributed by atoms with Gasteiger partial charge in [-0.3, -0.25) is 4.79 Å². The molecule has 2 atom stereocenters. The summed E-state index contributed by atoms with van der Waals surface area (Å²) in [4.78, 5) is 13.5. The number of nitrogens with zero attached hydrogens (tertiary/aromatic N) is 1. The lowest BCUT2D eigenvalue weighted by Gasteiger charge is -2.28. The molecule has 0 spiro atoms. The minimum Gasteiger partial charge on any atom is -0.395 e. The highest BCUT2D eigenvalue weighted by atomic mass is 19.3. The monoisotopic (exact) mass is 355 g/mol. The predicted octanol–water partition coefficient (Wildman–Crippen LogP) is 4.40. The molecule has 1 aromatic carbocycles. The van der Waals surface area contributed by atoms with Gasteiger partial charge >= 0.3 is 6.29 Å². The van der Waals surface area contributed by atoms with Crippen molar-refractivity contribution in [2.45, 2.75) is 58.8 Å². The first-order valence-electron chi connectivity index (χ1n) is 8.93. The third-order valence-electron chi connectivity index (χ3n) is 4.82. The maximum absolute atomic E-state index is 12.5. The van der Waals surface area contributed by atoms with Gasteiger partial charge in [0.05, 0.1) is 0 Å². The summed E-state index contributed by atoms with van der Waals surface area (Å²) in [5.41, 5.74) is 0.643. The van der Waals surface area contributed by atoms with E-state index in [0.717, 1.165) is 25.2 Å². The van der Waals surface area contributed by atoms with Crippen molar-refractivity contribution < 1.29 is 23.0 Å². The molecule has 1 aliphatic carbocycles. The Bertz CT molecular complexity index is 606. The Kier molecular flexibility index (Phi) is 6.38. The van der Waals surface area contributed by atoms with Crippen molar-refractivity contribution in [3.05, 3.63) is 23.8 Å². The number of para-hydroxylation sites is 1. The fourth-order valence-corrected chi connectivity index (χ4v) is 3.53. The number of aryl methyl sites for hydroxylation is 1. The molecule has 4 nitrogen and oxygen atoms in total. The normalized spacial score (nSPS) is 26.1. The third-order valence-corrected chi connectivity index (χ3v) is 4.82. The van der Waals surface area contributed by atoms with Crippen molar-refractivity contribution in [1.82, 2.24) is 4.90 Å². The molecule has 0 N–H and O–H groups in total. The van der Waals surface area contributed by atoms with Gasteiger partial charge in [0.25, 0.3) is 0 Å². The molecule has 140 valence electrons. The smallest absolute Gasteiger partial charge is 0.395 e. The lowest BCUT2D eigenvalue weighted by molar-refractivity contribution is -0.286. The summed E-state index contributed by atoms with van der Waals surface area (Å²) in [5.74, 6) is 1.53. The Hall–Kier alpha value is -1.69. The number of benzene rings is 1. The van der Waals surface area contributed by atoms with Crippen LogP contribution in [0.4, 0.5) is 8.78 Å². The molecule has 0 amide bonds. The molecule has 1 saturated heterocycles. The van der Waals surface area contributed by atoms with Gasteiger partial charge < -0.3 is 14.4 Å². The zero-order valence-corrected chi connectivity index (χ0v) is 15.4. The molecule has 2 unspecified atom stereocenters. The zero-order valence-electron chi connectivity index (χ0n) is 15.4. The van der Waals surface area contributed by atoms with Gasteiger partial charge in [-0.2, -0.15) is 0 Å². The number of halogens is 2. The van der Waals surface area contributed by atoms with Crippen LogP contribution >= 0.6 is 0 Å².